The smallest absolute Gasteiger partial charge is 0.389 e. The standard InChI is InChI=1S/C10H8ClN3O3/c11-10(9(15)16,14-7-12-6-13-14)17-8-4-2-1-3-5-8/h1-7H,(H,15,16). The van der Waals surface area contributed by atoms with Crippen molar-refractivity contribution in [2.45, 2.75) is 5.18 Å². The lowest BCUT2D eigenvalue weighted by molar-refractivity contribution is -0.155. The number of benzene rings is 1. The molecule has 7 heteroatoms. The maximum absolute atomic E-state index is 11.2. The van der Waals surface area contributed by atoms with Crippen LogP contribution >= 0.6 is 11.6 Å². The Morgan fingerprint density at radius 1 is 1.41 bits per heavy atom. The third-order valence-electron chi connectivity index (χ3n) is 1.97. The van der Waals surface area contributed by atoms with E-state index in [9.17, 15) is 4.79 Å². The van der Waals surface area contributed by atoms with Gasteiger partial charge in [0.2, 0.25) is 0 Å². The van der Waals surface area contributed by atoms with Gasteiger partial charge in [-0.1, -0.05) is 18.2 Å². The summed E-state index contributed by atoms with van der Waals surface area (Å²) < 4.78 is 6.15. The normalized spacial score (nSPS) is 13.9. The molecule has 0 saturated carbocycles. The van der Waals surface area contributed by atoms with E-state index in [2.05, 4.69) is 10.1 Å². The molecule has 1 heterocycles. The van der Waals surface area contributed by atoms with E-state index < -0.39 is 11.2 Å². The van der Waals surface area contributed by atoms with Crippen molar-refractivity contribution in [3.05, 3.63) is 43.0 Å². The van der Waals surface area contributed by atoms with E-state index in [0.29, 0.717) is 5.75 Å². The van der Waals surface area contributed by atoms with Gasteiger partial charge in [-0.3, -0.25) is 0 Å². The molecule has 0 aliphatic carbocycles. The van der Waals surface area contributed by atoms with Crippen LogP contribution in [-0.2, 0) is 9.98 Å². The first-order chi connectivity index (χ1) is 8.13. The van der Waals surface area contributed by atoms with Gasteiger partial charge in [0.1, 0.15) is 18.4 Å². The molecular weight excluding hydrogens is 246 g/mol. The highest BCUT2D eigenvalue weighted by atomic mass is 35.5. The predicted molar refractivity (Wildman–Crippen MR) is 58.6 cm³/mol. The first-order valence-corrected chi connectivity index (χ1v) is 5.02. The number of ether oxygens (including phenoxy) is 1. The Balaban J connectivity index is 2.34. The molecule has 0 saturated heterocycles. The molecule has 0 bridgehead atoms. The molecule has 0 aliphatic heterocycles. The van der Waals surface area contributed by atoms with Crippen LogP contribution in [0.1, 0.15) is 0 Å². The number of hydrogen-bond donors (Lipinski definition) is 1. The fourth-order valence-corrected chi connectivity index (χ4v) is 1.37. The zero-order valence-corrected chi connectivity index (χ0v) is 9.28. The Bertz CT molecular complexity index is 503. The van der Waals surface area contributed by atoms with Gasteiger partial charge in [0.15, 0.2) is 0 Å². The first-order valence-electron chi connectivity index (χ1n) is 4.64. The molecule has 1 aromatic carbocycles. The number of halogens is 1. The van der Waals surface area contributed by atoms with Crippen LogP contribution in [0.2, 0.25) is 0 Å². The van der Waals surface area contributed by atoms with Gasteiger partial charge >= 0.3 is 11.2 Å². The maximum Gasteiger partial charge on any atom is 0.389 e. The Morgan fingerprint density at radius 2 is 2.12 bits per heavy atom. The molecule has 0 aliphatic rings. The third kappa shape index (κ3) is 2.21. The number of aromatic nitrogens is 3. The molecule has 1 N–H and O–H groups in total. The van der Waals surface area contributed by atoms with Crippen molar-refractivity contribution in [3.8, 4) is 5.75 Å². The SMILES string of the molecule is O=C(O)C(Cl)(Oc1ccccc1)n1cncn1. The number of carboxylic acid groups (broad SMARTS) is 1. The van der Waals surface area contributed by atoms with E-state index in [0.717, 1.165) is 4.68 Å². The number of carboxylic acids is 1. The number of rotatable bonds is 4. The molecule has 0 spiro atoms. The number of alkyl halides is 1. The summed E-state index contributed by atoms with van der Waals surface area (Å²) in [6.45, 7) is 0. The van der Waals surface area contributed by atoms with Crippen molar-refractivity contribution >= 4 is 17.6 Å². The summed E-state index contributed by atoms with van der Waals surface area (Å²) in [5.74, 6) is -1.06. The lowest BCUT2D eigenvalue weighted by Gasteiger charge is -2.23. The molecule has 0 radical (unpaired) electrons. The largest absolute Gasteiger partial charge is 0.476 e. The van der Waals surface area contributed by atoms with E-state index in [-0.39, 0.29) is 0 Å². The van der Waals surface area contributed by atoms with Crippen LogP contribution < -0.4 is 4.74 Å². The van der Waals surface area contributed by atoms with Crippen LogP contribution in [0.5, 0.6) is 5.75 Å². The summed E-state index contributed by atoms with van der Waals surface area (Å²) in [4.78, 5) is 14.8. The molecule has 17 heavy (non-hydrogen) atoms. The van der Waals surface area contributed by atoms with E-state index in [1.807, 2.05) is 0 Å². The van der Waals surface area contributed by atoms with Crippen LogP contribution in [0.4, 0.5) is 0 Å². The Hall–Kier alpha value is -2.08. The summed E-state index contributed by atoms with van der Waals surface area (Å²) in [7, 11) is 0. The molecule has 1 unspecified atom stereocenters. The van der Waals surface area contributed by atoms with Gasteiger partial charge in [0.05, 0.1) is 0 Å². The molecule has 0 amide bonds. The van der Waals surface area contributed by atoms with Crippen molar-refractivity contribution in [2.24, 2.45) is 0 Å². The minimum atomic E-state index is -2.14. The van der Waals surface area contributed by atoms with Crippen LogP contribution in [0.15, 0.2) is 43.0 Å². The number of para-hydroxylation sites is 1. The highest BCUT2D eigenvalue weighted by molar-refractivity contribution is 6.30. The molecule has 2 aromatic rings. The number of carbonyl (C=O) groups is 1. The van der Waals surface area contributed by atoms with Crippen molar-refractivity contribution in [1.82, 2.24) is 14.8 Å². The van der Waals surface area contributed by atoms with E-state index >= 15 is 0 Å². The van der Waals surface area contributed by atoms with Gasteiger partial charge in [-0.2, -0.15) is 9.78 Å². The van der Waals surface area contributed by atoms with E-state index in [1.165, 1.54) is 12.7 Å². The lowest BCUT2D eigenvalue weighted by atomic mass is 10.3. The third-order valence-corrected chi connectivity index (χ3v) is 2.39. The average Bonchev–Trinajstić information content (AvgIpc) is 2.84. The predicted octanol–water partition coefficient (Wildman–Crippen LogP) is 1.29. The van der Waals surface area contributed by atoms with Crippen LogP contribution in [0.3, 0.4) is 0 Å². The maximum atomic E-state index is 11.2. The Morgan fingerprint density at radius 3 is 2.65 bits per heavy atom. The molecular formula is C10H8ClN3O3. The number of nitrogens with zero attached hydrogens (tertiary/aromatic N) is 3. The van der Waals surface area contributed by atoms with Crippen molar-refractivity contribution in [2.75, 3.05) is 0 Å². The number of aliphatic carboxylic acids is 1. The van der Waals surface area contributed by atoms with Crippen molar-refractivity contribution in [1.29, 1.82) is 0 Å². The van der Waals surface area contributed by atoms with Gasteiger partial charge in [0, 0.05) is 0 Å². The summed E-state index contributed by atoms with van der Waals surface area (Å²) >= 11 is 5.91. The fraction of sp³-hybridized carbons (Fsp3) is 0.100. The van der Waals surface area contributed by atoms with Gasteiger partial charge in [-0.25, -0.2) is 9.78 Å². The first kappa shape index (κ1) is 11.4. The minimum Gasteiger partial charge on any atom is -0.476 e. The lowest BCUT2D eigenvalue weighted by Crippen LogP contribution is -2.42. The molecule has 0 fully saturated rings. The van der Waals surface area contributed by atoms with Gasteiger partial charge in [0.25, 0.3) is 0 Å². The topological polar surface area (TPSA) is 77.2 Å². The fourth-order valence-electron chi connectivity index (χ4n) is 1.19. The molecule has 2 rings (SSSR count). The molecule has 1 aromatic heterocycles. The summed E-state index contributed by atoms with van der Waals surface area (Å²) in [6, 6.07) is 8.37. The van der Waals surface area contributed by atoms with Crippen molar-refractivity contribution in [3.63, 3.8) is 0 Å². The van der Waals surface area contributed by atoms with Crippen LogP contribution in [-0.4, -0.2) is 25.8 Å². The zero-order chi connectivity index (χ0) is 12.3. The zero-order valence-electron chi connectivity index (χ0n) is 8.52. The van der Waals surface area contributed by atoms with E-state index in [4.69, 9.17) is 21.4 Å². The van der Waals surface area contributed by atoms with Gasteiger partial charge in [-0.15, -0.1) is 0 Å². The highest BCUT2D eigenvalue weighted by Gasteiger charge is 2.42. The van der Waals surface area contributed by atoms with Crippen LogP contribution in [0, 0.1) is 0 Å². The second-order valence-corrected chi connectivity index (χ2v) is 3.63. The molecule has 1 atom stereocenters. The summed E-state index contributed by atoms with van der Waals surface area (Å²) in [6.07, 6.45) is 2.35. The van der Waals surface area contributed by atoms with Crippen molar-refractivity contribution < 1.29 is 14.6 Å². The minimum absolute atomic E-state index is 0.320. The molecule has 88 valence electrons. The average molecular weight is 254 g/mol. The number of hydrogen-bond acceptors (Lipinski definition) is 4. The van der Waals surface area contributed by atoms with Gasteiger partial charge in [-0.05, 0) is 23.7 Å². The van der Waals surface area contributed by atoms with Gasteiger partial charge < -0.3 is 9.84 Å². The quantitative estimate of drug-likeness (QED) is 0.831. The highest BCUT2D eigenvalue weighted by Crippen LogP contribution is 2.26. The van der Waals surface area contributed by atoms with Crippen LogP contribution in [0.25, 0.3) is 0 Å². The Labute approximate surface area is 101 Å². The second kappa shape index (κ2) is 4.42. The summed E-state index contributed by atoms with van der Waals surface area (Å²) in [5.41, 5.74) is 0. The monoisotopic (exact) mass is 253 g/mol. The Kier molecular flexibility index (Phi) is 2.97. The van der Waals surface area contributed by atoms with E-state index in [1.54, 1.807) is 30.3 Å². The molecule has 6 nitrogen and oxygen atoms in total. The second-order valence-electron chi connectivity index (χ2n) is 3.12. The summed E-state index contributed by atoms with van der Waals surface area (Å²) in [5, 5.41) is 10.7.